The number of nitrogens with zero attached hydrogens (tertiary/aromatic N) is 1. The Morgan fingerprint density at radius 2 is 1.50 bits per heavy atom. The Labute approximate surface area is 227 Å². The highest BCUT2D eigenvalue weighted by atomic mass is 32.2. The van der Waals surface area contributed by atoms with E-state index in [0.29, 0.717) is 34.9 Å². The van der Waals surface area contributed by atoms with Gasteiger partial charge in [-0.15, -0.1) is 11.8 Å². The molecule has 10 heteroatoms. The number of amides is 2. The Balaban J connectivity index is 2.18. The van der Waals surface area contributed by atoms with Crippen LogP contribution in [0.5, 0.6) is 0 Å². The number of carbonyl (C=O) groups excluding carboxylic acids is 5. The molecule has 2 rings (SSSR count). The molecule has 0 aliphatic rings. The second kappa shape index (κ2) is 16.5. The van der Waals surface area contributed by atoms with Gasteiger partial charge in [-0.2, -0.15) is 5.06 Å². The molecule has 2 amide bonds. The zero-order valence-corrected chi connectivity index (χ0v) is 22.8. The van der Waals surface area contributed by atoms with Gasteiger partial charge in [0.1, 0.15) is 17.3 Å². The lowest BCUT2D eigenvalue weighted by Gasteiger charge is -2.24. The third-order valence-electron chi connectivity index (χ3n) is 5.50. The van der Waals surface area contributed by atoms with Crippen LogP contribution in [0.2, 0.25) is 0 Å². The topological polar surface area (TPSA) is 119 Å². The van der Waals surface area contributed by atoms with Gasteiger partial charge in [-0.3, -0.25) is 24.0 Å². The summed E-state index contributed by atoms with van der Waals surface area (Å²) in [5.41, 5.74) is 1.08. The summed E-state index contributed by atoms with van der Waals surface area (Å²) in [5.74, 6) is -1.18. The first-order chi connectivity index (χ1) is 18.3. The largest absolute Gasteiger partial charge is 0.383 e. The van der Waals surface area contributed by atoms with Crippen molar-refractivity contribution in [1.29, 1.82) is 0 Å². The molecule has 0 saturated carbocycles. The monoisotopic (exact) mass is 542 g/mol. The summed E-state index contributed by atoms with van der Waals surface area (Å²) in [6.07, 6.45) is 2.24. The van der Waals surface area contributed by atoms with Gasteiger partial charge >= 0.3 is 0 Å². The number of methoxy groups -OCH3 is 1. The van der Waals surface area contributed by atoms with E-state index in [4.69, 9.17) is 9.57 Å². The van der Waals surface area contributed by atoms with E-state index in [1.165, 1.54) is 18.7 Å². The van der Waals surface area contributed by atoms with E-state index in [9.17, 15) is 24.0 Å². The molecule has 0 aliphatic carbocycles. The van der Waals surface area contributed by atoms with Gasteiger partial charge in [0, 0.05) is 61.8 Å². The highest BCUT2D eigenvalue weighted by Gasteiger charge is 2.23. The van der Waals surface area contributed by atoms with Crippen LogP contribution in [0.15, 0.2) is 53.4 Å². The quantitative estimate of drug-likeness (QED) is 0.181. The van der Waals surface area contributed by atoms with Crippen molar-refractivity contribution in [1.82, 2.24) is 5.32 Å². The second-order valence-electron chi connectivity index (χ2n) is 8.46. The summed E-state index contributed by atoms with van der Waals surface area (Å²) in [5, 5.41) is 3.86. The summed E-state index contributed by atoms with van der Waals surface area (Å²) < 4.78 is 4.97. The van der Waals surface area contributed by atoms with Gasteiger partial charge in [0.25, 0.3) is 11.8 Å². The van der Waals surface area contributed by atoms with Gasteiger partial charge in [-0.25, -0.2) is 0 Å². The molecule has 0 fully saturated rings. The minimum Gasteiger partial charge on any atom is -0.383 e. The van der Waals surface area contributed by atoms with Crippen LogP contribution >= 0.6 is 11.8 Å². The van der Waals surface area contributed by atoms with Crippen molar-refractivity contribution in [2.45, 2.75) is 43.9 Å². The molecular formula is C28H34N2O7S. The molecule has 9 nitrogen and oxygen atoms in total. The number of anilines is 1. The number of thioether (sulfide) groups is 1. The van der Waals surface area contributed by atoms with Crippen LogP contribution in [-0.2, 0) is 24.0 Å². The predicted molar refractivity (Wildman–Crippen MR) is 145 cm³/mol. The number of ketones is 3. The standard InChI is InChI=1S/C28H34N2O7S/c1-20(31)9-11-23(32)12-13-24(33)15-17-37-30(28(35)21-7-5-4-6-8-21)25-19-22(10-14-26(25)38-3)27(34)29-16-18-36-2/h4-8,10,14,19H,9,11-13,15-18H2,1-3H3,(H,29,34). The van der Waals surface area contributed by atoms with Crippen molar-refractivity contribution < 1.29 is 33.5 Å². The Morgan fingerprint density at radius 1 is 0.842 bits per heavy atom. The Kier molecular flexibility index (Phi) is 13.4. The third kappa shape index (κ3) is 10.2. The van der Waals surface area contributed by atoms with Crippen LogP contribution in [0.3, 0.4) is 0 Å². The summed E-state index contributed by atoms with van der Waals surface area (Å²) in [6.45, 7) is 2.01. The fourth-order valence-electron chi connectivity index (χ4n) is 3.39. The third-order valence-corrected chi connectivity index (χ3v) is 6.28. The lowest BCUT2D eigenvalue weighted by Crippen LogP contribution is -2.33. The van der Waals surface area contributed by atoms with Crippen molar-refractivity contribution in [3.63, 3.8) is 0 Å². The molecule has 0 aliphatic heterocycles. The molecule has 1 N–H and O–H groups in total. The fourth-order valence-corrected chi connectivity index (χ4v) is 3.94. The van der Waals surface area contributed by atoms with Crippen LogP contribution in [0.1, 0.15) is 59.7 Å². The van der Waals surface area contributed by atoms with Crippen LogP contribution in [0, 0.1) is 0 Å². The molecule has 2 aromatic carbocycles. The minimum absolute atomic E-state index is 0.00957. The summed E-state index contributed by atoms with van der Waals surface area (Å²) in [4.78, 5) is 67.9. The van der Waals surface area contributed by atoms with Crippen molar-refractivity contribution in [2.24, 2.45) is 0 Å². The van der Waals surface area contributed by atoms with Crippen molar-refractivity contribution in [3.05, 3.63) is 59.7 Å². The van der Waals surface area contributed by atoms with Crippen LogP contribution < -0.4 is 10.4 Å². The zero-order chi connectivity index (χ0) is 27.9. The maximum absolute atomic E-state index is 13.4. The highest BCUT2D eigenvalue weighted by molar-refractivity contribution is 7.98. The Hall–Kier alpha value is -3.34. The van der Waals surface area contributed by atoms with E-state index in [-0.39, 0.29) is 62.0 Å². The van der Waals surface area contributed by atoms with E-state index in [1.807, 2.05) is 6.26 Å². The summed E-state index contributed by atoms with van der Waals surface area (Å²) in [7, 11) is 1.54. The SMILES string of the molecule is COCCNC(=O)c1ccc(SC)c(N(OCCC(=O)CCC(=O)CCC(C)=O)C(=O)c2ccccc2)c1. The molecule has 0 atom stereocenters. The molecule has 0 saturated heterocycles. The number of hydrogen-bond donors (Lipinski definition) is 1. The second-order valence-corrected chi connectivity index (χ2v) is 9.31. The van der Waals surface area contributed by atoms with Gasteiger partial charge in [0.15, 0.2) is 0 Å². The lowest BCUT2D eigenvalue weighted by molar-refractivity contribution is -0.126. The normalized spacial score (nSPS) is 10.6. The van der Waals surface area contributed by atoms with Crippen LogP contribution in [0.25, 0.3) is 0 Å². The number of rotatable bonds is 17. The molecule has 2 aromatic rings. The average molecular weight is 543 g/mol. The van der Waals surface area contributed by atoms with Crippen LogP contribution in [-0.4, -0.2) is 62.3 Å². The smallest absolute Gasteiger partial charge is 0.282 e. The molecule has 0 unspecified atom stereocenters. The van der Waals surface area contributed by atoms with Gasteiger partial charge in [-0.05, 0) is 43.5 Å². The molecule has 0 radical (unpaired) electrons. The lowest BCUT2D eigenvalue weighted by atomic mass is 10.1. The first kappa shape index (κ1) is 30.9. The highest BCUT2D eigenvalue weighted by Crippen LogP contribution is 2.31. The molecule has 0 heterocycles. The number of carbonyl (C=O) groups is 5. The van der Waals surface area contributed by atoms with Gasteiger partial charge in [0.2, 0.25) is 0 Å². The molecule has 0 bridgehead atoms. The van der Waals surface area contributed by atoms with Crippen molar-refractivity contribution >= 4 is 46.6 Å². The molecule has 0 spiro atoms. The maximum Gasteiger partial charge on any atom is 0.282 e. The zero-order valence-electron chi connectivity index (χ0n) is 22.0. The number of hydrogen-bond acceptors (Lipinski definition) is 8. The number of ether oxygens (including phenoxy) is 1. The molecule has 38 heavy (non-hydrogen) atoms. The maximum atomic E-state index is 13.4. The minimum atomic E-state index is -0.454. The average Bonchev–Trinajstić information content (AvgIpc) is 2.93. The number of nitrogens with one attached hydrogen (secondary N) is 1. The van der Waals surface area contributed by atoms with E-state index < -0.39 is 5.91 Å². The van der Waals surface area contributed by atoms with Crippen molar-refractivity contribution in [2.75, 3.05) is 38.2 Å². The summed E-state index contributed by atoms with van der Waals surface area (Å²) in [6, 6.07) is 13.5. The predicted octanol–water partition coefficient (Wildman–Crippen LogP) is 4.04. The molecule has 204 valence electrons. The first-order valence-corrected chi connectivity index (χ1v) is 13.5. The number of Topliss-reactive ketones (excluding diaryl/α,β-unsaturated/α-hetero) is 3. The number of benzene rings is 2. The number of hydroxylamine groups is 1. The Morgan fingerprint density at radius 3 is 2.13 bits per heavy atom. The van der Waals surface area contributed by atoms with Gasteiger partial charge in [0.05, 0.1) is 18.9 Å². The fraction of sp³-hybridized carbons (Fsp3) is 0.393. The van der Waals surface area contributed by atoms with Gasteiger partial charge < -0.3 is 14.8 Å². The Bertz CT molecular complexity index is 1120. The molecule has 0 aromatic heterocycles. The van der Waals surface area contributed by atoms with E-state index >= 15 is 0 Å². The van der Waals surface area contributed by atoms with E-state index in [1.54, 1.807) is 55.6 Å². The van der Waals surface area contributed by atoms with Gasteiger partial charge in [-0.1, -0.05) is 18.2 Å². The first-order valence-electron chi connectivity index (χ1n) is 12.3. The summed E-state index contributed by atoms with van der Waals surface area (Å²) >= 11 is 1.38. The van der Waals surface area contributed by atoms with E-state index in [2.05, 4.69) is 5.32 Å². The van der Waals surface area contributed by atoms with E-state index in [0.717, 1.165) is 5.06 Å². The van der Waals surface area contributed by atoms with Crippen molar-refractivity contribution in [3.8, 4) is 0 Å². The van der Waals surface area contributed by atoms with Crippen LogP contribution in [0.4, 0.5) is 5.69 Å². The molecular weight excluding hydrogens is 508 g/mol.